The van der Waals surface area contributed by atoms with Gasteiger partial charge in [-0.1, -0.05) is 19.3 Å². The highest BCUT2D eigenvalue weighted by Crippen LogP contribution is 2.39. The van der Waals surface area contributed by atoms with Gasteiger partial charge in [-0.15, -0.1) is 0 Å². The molecule has 1 N–H and O–H groups in total. The van der Waals surface area contributed by atoms with Crippen LogP contribution >= 0.6 is 0 Å². The summed E-state index contributed by atoms with van der Waals surface area (Å²) >= 11 is 0. The Morgan fingerprint density at radius 3 is 2.67 bits per heavy atom. The molecule has 5 heteroatoms. The van der Waals surface area contributed by atoms with E-state index in [1.807, 2.05) is 6.20 Å². The van der Waals surface area contributed by atoms with Crippen LogP contribution in [0.2, 0.25) is 0 Å². The predicted octanol–water partition coefficient (Wildman–Crippen LogP) is 4.44. The number of aromatic nitrogens is 2. The van der Waals surface area contributed by atoms with Gasteiger partial charge in [0.05, 0.1) is 17.3 Å². The average Bonchev–Trinajstić information content (AvgIpc) is 3.32. The van der Waals surface area contributed by atoms with Crippen LogP contribution < -0.4 is 5.32 Å². The van der Waals surface area contributed by atoms with Gasteiger partial charge in [0, 0.05) is 12.5 Å². The van der Waals surface area contributed by atoms with Gasteiger partial charge in [-0.25, -0.2) is 4.68 Å². The lowest BCUT2D eigenvalue weighted by Crippen LogP contribution is -2.45. The Bertz CT molecular complexity index is 653. The molecule has 1 saturated heterocycles. The first kappa shape index (κ1) is 19.0. The quantitative estimate of drug-likeness (QED) is 0.750. The van der Waals surface area contributed by atoms with Crippen molar-refractivity contribution >= 4 is 11.6 Å². The van der Waals surface area contributed by atoms with E-state index >= 15 is 0 Å². The summed E-state index contributed by atoms with van der Waals surface area (Å²) in [5.41, 5.74) is 0.779. The number of hydrogen-bond donors (Lipinski definition) is 1. The normalized spacial score (nSPS) is 25.9. The number of rotatable bonds is 6. The molecule has 0 aromatic carbocycles. The Morgan fingerprint density at radius 2 is 1.93 bits per heavy atom. The third kappa shape index (κ3) is 4.08. The second-order valence-corrected chi connectivity index (χ2v) is 9.56. The zero-order chi connectivity index (χ0) is 18.9. The van der Waals surface area contributed by atoms with E-state index in [0.717, 1.165) is 36.7 Å². The molecule has 0 bridgehead atoms. The van der Waals surface area contributed by atoms with Crippen molar-refractivity contribution in [2.24, 2.45) is 5.92 Å². The molecule has 0 spiro atoms. The van der Waals surface area contributed by atoms with E-state index in [9.17, 15) is 4.79 Å². The topological polar surface area (TPSA) is 50.2 Å². The number of anilines is 1. The highest BCUT2D eigenvalue weighted by Gasteiger charge is 2.39. The maximum absolute atomic E-state index is 12.9. The fourth-order valence-corrected chi connectivity index (χ4v) is 5.43. The number of hydrogen-bond acceptors (Lipinski definition) is 4. The van der Waals surface area contributed by atoms with Crippen molar-refractivity contribution in [1.29, 1.82) is 0 Å². The van der Waals surface area contributed by atoms with Crippen molar-refractivity contribution in [3.63, 3.8) is 0 Å². The Hall–Kier alpha value is -1.36. The van der Waals surface area contributed by atoms with Gasteiger partial charge in [0.2, 0.25) is 0 Å². The van der Waals surface area contributed by atoms with Crippen LogP contribution in [0.15, 0.2) is 6.20 Å². The minimum Gasteiger partial charge on any atom is -0.367 e. The molecule has 1 aliphatic carbocycles. The zero-order valence-electron chi connectivity index (χ0n) is 17.2. The van der Waals surface area contributed by atoms with Gasteiger partial charge in [0.25, 0.3) is 0 Å². The number of fused-ring (bicyclic) bond motifs is 1. The highest BCUT2D eigenvalue weighted by molar-refractivity contribution is 6.00. The van der Waals surface area contributed by atoms with Gasteiger partial charge in [-0.3, -0.25) is 4.79 Å². The SMILES string of the molecule is CC1(C)CC(C2CCCCC2)Nc2c(C(=O)CCCN3CCCC3)cnn21. The number of nitrogens with zero attached hydrogens (tertiary/aromatic N) is 3. The molecule has 0 amide bonds. The Kier molecular flexibility index (Phi) is 5.58. The molecule has 27 heavy (non-hydrogen) atoms. The molecule has 1 aromatic rings. The summed E-state index contributed by atoms with van der Waals surface area (Å²) in [6.07, 6.45) is 13.8. The Balaban J connectivity index is 1.44. The minimum absolute atomic E-state index is 0.0310. The van der Waals surface area contributed by atoms with Crippen LogP contribution in [0.25, 0.3) is 0 Å². The first-order chi connectivity index (χ1) is 13.0. The molecule has 1 aromatic heterocycles. The summed E-state index contributed by atoms with van der Waals surface area (Å²) in [6.45, 7) is 7.99. The van der Waals surface area contributed by atoms with Gasteiger partial charge < -0.3 is 10.2 Å². The van der Waals surface area contributed by atoms with Crippen LogP contribution in [0.1, 0.15) is 88.4 Å². The van der Waals surface area contributed by atoms with Crippen LogP contribution in [0.4, 0.5) is 5.82 Å². The average molecular weight is 373 g/mol. The largest absolute Gasteiger partial charge is 0.367 e. The van der Waals surface area contributed by atoms with Crippen LogP contribution in [-0.4, -0.2) is 46.1 Å². The van der Waals surface area contributed by atoms with Crippen molar-refractivity contribution in [3.05, 3.63) is 11.8 Å². The van der Waals surface area contributed by atoms with Gasteiger partial charge in [0.1, 0.15) is 5.82 Å². The lowest BCUT2D eigenvalue weighted by molar-refractivity contribution is 0.0976. The number of Topliss-reactive ketones (excluding diaryl/α,β-unsaturated/α-hetero) is 1. The molecule has 3 heterocycles. The lowest BCUT2D eigenvalue weighted by Gasteiger charge is -2.42. The predicted molar refractivity (Wildman–Crippen MR) is 109 cm³/mol. The smallest absolute Gasteiger partial charge is 0.168 e. The maximum atomic E-state index is 12.9. The standard InChI is InChI=1S/C22H36N4O/c1-22(2)15-19(17-9-4-3-5-10-17)24-21-18(16-23-26(21)22)20(27)11-8-14-25-12-6-7-13-25/h16-17,19,24H,3-15H2,1-2H3. The molecule has 1 unspecified atom stereocenters. The monoisotopic (exact) mass is 372 g/mol. The minimum atomic E-state index is -0.0310. The first-order valence-electron chi connectivity index (χ1n) is 11.2. The molecular weight excluding hydrogens is 336 g/mol. The summed E-state index contributed by atoms with van der Waals surface area (Å²) in [5, 5.41) is 8.37. The van der Waals surface area contributed by atoms with Crippen LogP contribution in [0.5, 0.6) is 0 Å². The molecule has 3 aliphatic rings. The molecule has 4 rings (SSSR count). The number of carbonyl (C=O) groups excluding carboxylic acids is 1. The summed E-state index contributed by atoms with van der Waals surface area (Å²) < 4.78 is 2.07. The second kappa shape index (κ2) is 7.94. The van der Waals surface area contributed by atoms with Crippen LogP contribution in [0, 0.1) is 5.92 Å². The molecule has 1 atom stereocenters. The first-order valence-corrected chi connectivity index (χ1v) is 11.2. The number of carbonyl (C=O) groups is 1. The zero-order valence-corrected chi connectivity index (χ0v) is 17.2. The van der Waals surface area contributed by atoms with Gasteiger partial charge in [-0.2, -0.15) is 5.10 Å². The van der Waals surface area contributed by atoms with Gasteiger partial charge in [0.15, 0.2) is 5.78 Å². The summed E-state index contributed by atoms with van der Waals surface area (Å²) in [7, 11) is 0. The molecule has 1 saturated carbocycles. The van der Waals surface area contributed by atoms with E-state index in [0.29, 0.717) is 12.5 Å². The highest BCUT2D eigenvalue weighted by atomic mass is 16.1. The summed E-state index contributed by atoms with van der Waals surface area (Å²) in [5.74, 6) is 1.97. The maximum Gasteiger partial charge on any atom is 0.168 e. The van der Waals surface area contributed by atoms with Crippen molar-refractivity contribution in [2.75, 3.05) is 25.0 Å². The summed E-state index contributed by atoms with van der Waals surface area (Å²) in [6, 6.07) is 0.473. The van der Waals surface area contributed by atoms with E-state index in [2.05, 4.69) is 33.8 Å². The molecule has 0 radical (unpaired) electrons. The lowest BCUT2D eigenvalue weighted by atomic mass is 9.78. The fourth-order valence-electron chi connectivity index (χ4n) is 5.43. The van der Waals surface area contributed by atoms with Crippen molar-refractivity contribution in [2.45, 2.75) is 89.6 Å². The van der Waals surface area contributed by atoms with Crippen molar-refractivity contribution in [3.8, 4) is 0 Å². The number of ketones is 1. The Morgan fingerprint density at radius 1 is 1.19 bits per heavy atom. The van der Waals surface area contributed by atoms with E-state index in [4.69, 9.17) is 0 Å². The van der Waals surface area contributed by atoms with Crippen molar-refractivity contribution < 1.29 is 4.79 Å². The number of nitrogens with one attached hydrogen (secondary N) is 1. The van der Waals surface area contributed by atoms with Crippen LogP contribution in [-0.2, 0) is 5.54 Å². The fraction of sp³-hybridized carbons (Fsp3) is 0.818. The third-order valence-corrected chi connectivity index (χ3v) is 6.98. The van der Waals surface area contributed by atoms with Gasteiger partial charge in [-0.05, 0) is 77.9 Å². The van der Waals surface area contributed by atoms with E-state index in [1.165, 1.54) is 58.0 Å². The molecule has 150 valence electrons. The molecular formula is C22H36N4O. The second-order valence-electron chi connectivity index (χ2n) is 9.56. The summed E-state index contributed by atoms with van der Waals surface area (Å²) in [4.78, 5) is 15.4. The molecule has 2 aliphatic heterocycles. The molecule has 2 fully saturated rings. The number of likely N-dealkylation sites (tertiary alicyclic amines) is 1. The van der Waals surface area contributed by atoms with Crippen LogP contribution in [0.3, 0.4) is 0 Å². The van der Waals surface area contributed by atoms with E-state index in [-0.39, 0.29) is 11.3 Å². The molecule has 5 nitrogen and oxygen atoms in total. The van der Waals surface area contributed by atoms with E-state index in [1.54, 1.807) is 0 Å². The third-order valence-electron chi connectivity index (χ3n) is 6.98. The van der Waals surface area contributed by atoms with Crippen molar-refractivity contribution in [1.82, 2.24) is 14.7 Å². The van der Waals surface area contributed by atoms with Gasteiger partial charge >= 0.3 is 0 Å². The Labute approximate surface area is 163 Å². The van der Waals surface area contributed by atoms with E-state index < -0.39 is 0 Å².